The fraction of sp³-hybridized carbons (Fsp3) is 0.370. The van der Waals surface area contributed by atoms with Crippen LogP contribution in [0.5, 0.6) is 0 Å². The molecule has 158 valence electrons. The molecule has 0 radical (unpaired) electrons. The van der Waals surface area contributed by atoms with Crippen LogP contribution in [0.25, 0.3) is 10.9 Å². The summed E-state index contributed by atoms with van der Waals surface area (Å²) in [5.41, 5.74) is 6.46. The average molecular weight is 411 g/mol. The smallest absolute Gasteiger partial charge is 0.0700 e. The van der Waals surface area contributed by atoms with Crippen LogP contribution in [-0.4, -0.2) is 19.7 Å². The molecule has 3 aromatic heterocycles. The number of aromatic nitrogens is 4. The van der Waals surface area contributed by atoms with Crippen LogP contribution in [0.15, 0.2) is 67.3 Å². The van der Waals surface area contributed by atoms with Gasteiger partial charge in [0.05, 0.1) is 17.3 Å². The summed E-state index contributed by atoms with van der Waals surface area (Å²) in [5.74, 6) is 0.273. The van der Waals surface area contributed by atoms with Gasteiger partial charge in [-0.15, -0.1) is 0 Å². The lowest BCUT2D eigenvalue weighted by Gasteiger charge is -2.23. The van der Waals surface area contributed by atoms with Crippen LogP contribution in [0.1, 0.15) is 73.4 Å². The molecule has 0 spiro atoms. The van der Waals surface area contributed by atoms with Gasteiger partial charge in [0, 0.05) is 36.1 Å². The first-order chi connectivity index (χ1) is 15.3. The molecular weight excluding hydrogens is 380 g/mol. The fourth-order valence-electron chi connectivity index (χ4n) is 5.08. The SMILES string of the molecule is CCc1nn(C2CCCCC2)c2cc(C(Cc3ccncc3)c3ccncc3)ccc12. The fourth-order valence-corrected chi connectivity index (χ4v) is 5.08. The van der Waals surface area contributed by atoms with Gasteiger partial charge in [-0.3, -0.25) is 14.6 Å². The van der Waals surface area contributed by atoms with E-state index in [2.05, 4.69) is 64.0 Å². The molecule has 4 nitrogen and oxygen atoms in total. The highest BCUT2D eigenvalue weighted by Crippen LogP contribution is 2.35. The van der Waals surface area contributed by atoms with E-state index in [1.165, 1.54) is 65.4 Å². The van der Waals surface area contributed by atoms with Gasteiger partial charge >= 0.3 is 0 Å². The molecule has 4 heteroatoms. The van der Waals surface area contributed by atoms with E-state index >= 15 is 0 Å². The van der Waals surface area contributed by atoms with Crippen molar-refractivity contribution in [1.29, 1.82) is 0 Å². The van der Waals surface area contributed by atoms with Gasteiger partial charge in [0.1, 0.15) is 0 Å². The number of benzene rings is 1. The van der Waals surface area contributed by atoms with Crippen molar-refractivity contribution in [3.63, 3.8) is 0 Å². The number of rotatable bonds is 6. The molecule has 0 bridgehead atoms. The van der Waals surface area contributed by atoms with Gasteiger partial charge in [0.15, 0.2) is 0 Å². The largest absolute Gasteiger partial charge is 0.265 e. The topological polar surface area (TPSA) is 43.6 Å². The predicted octanol–water partition coefficient (Wildman–Crippen LogP) is 6.27. The van der Waals surface area contributed by atoms with E-state index in [1.54, 1.807) is 0 Å². The zero-order valence-electron chi connectivity index (χ0n) is 18.2. The Morgan fingerprint density at radius 1 is 0.871 bits per heavy atom. The van der Waals surface area contributed by atoms with E-state index in [4.69, 9.17) is 5.10 Å². The molecule has 0 amide bonds. The molecule has 0 N–H and O–H groups in total. The van der Waals surface area contributed by atoms with E-state index in [1.807, 2.05) is 24.8 Å². The highest BCUT2D eigenvalue weighted by Gasteiger charge is 2.22. The third-order valence-electron chi connectivity index (χ3n) is 6.76. The minimum absolute atomic E-state index is 0.273. The van der Waals surface area contributed by atoms with Crippen molar-refractivity contribution in [2.75, 3.05) is 0 Å². The Bertz CT molecular complexity index is 1130. The molecule has 1 aliphatic rings. The summed E-state index contributed by atoms with van der Waals surface area (Å²) in [5, 5.41) is 6.40. The van der Waals surface area contributed by atoms with Crippen LogP contribution < -0.4 is 0 Å². The second-order valence-electron chi connectivity index (χ2n) is 8.71. The summed E-state index contributed by atoms with van der Waals surface area (Å²) in [6.45, 7) is 2.21. The summed E-state index contributed by atoms with van der Waals surface area (Å²) in [4.78, 5) is 8.44. The Morgan fingerprint density at radius 3 is 2.29 bits per heavy atom. The number of hydrogen-bond donors (Lipinski definition) is 0. The average Bonchev–Trinajstić information content (AvgIpc) is 3.22. The molecule has 1 atom stereocenters. The van der Waals surface area contributed by atoms with Crippen molar-refractivity contribution < 1.29 is 0 Å². The second-order valence-corrected chi connectivity index (χ2v) is 8.71. The van der Waals surface area contributed by atoms with E-state index in [0.717, 1.165) is 12.8 Å². The van der Waals surface area contributed by atoms with Crippen LogP contribution >= 0.6 is 0 Å². The van der Waals surface area contributed by atoms with E-state index in [0.29, 0.717) is 6.04 Å². The number of nitrogens with zero attached hydrogens (tertiary/aromatic N) is 4. The van der Waals surface area contributed by atoms with Crippen molar-refractivity contribution in [2.45, 2.75) is 63.8 Å². The summed E-state index contributed by atoms with van der Waals surface area (Å²) >= 11 is 0. The van der Waals surface area contributed by atoms with Crippen LogP contribution in [-0.2, 0) is 12.8 Å². The monoisotopic (exact) mass is 410 g/mol. The maximum atomic E-state index is 5.09. The quantitative estimate of drug-likeness (QED) is 0.376. The summed E-state index contributed by atoms with van der Waals surface area (Å²) < 4.78 is 2.35. The maximum Gasteiger partial charge on any atom is 0.0700 e. The molecule has 5 rings (SSSR count). The lowest BCUT2D eigenvalue weighted by Crippen LogP contribution is -2.14. The van der Waals surface area contributed by atoms with Crippen LogP contribution in [0.3, 0.4) is 0 Å². The first kappa shape index (κ1) is 19.9. The molecule has 1 fully saturated rings. The highest BCUT2D eigenvalue weighted by atomic mass is 15.3. The Kier molecular flexibility index (Phi) is 5.79. The van der Waals surface area contributed by atoms with Gasteiger partial charge < -0.3 is 0 Å². The molecule has 0 aliphatic heterocycles. The van der Waals surface area contributed by atoms with Crippen LogP contribution in [0.2, 0.25) is 0 Å². The summed E-state index contributed by atoms with van der Waals surface area (Å²) in [6.07, 6.45) is 16.0. The van der Waals surface area contributed by atoms with Crippen LogP contribution in [0.4, 0.5) is 0 Å². The number of aryl methyl sites for hydroxylation is 1. The first-order valence-corrected chi connectivity index (χ1v) is 11.6. The van der Waals surface area contributed by atoms with Gasteiger partial charge in [0.2, 0.25) is 0 Å². The minimum atomic E-state index is 0.273. The zero-order valence-corrected chi connectivity index (χ0v) is 18.2. The molecule has 0 saturated heterocycles. The Labute approximate surface area is 184 Å². The maximum absolute atomic E-state index is 5.09. The van der Waals surface area contributed by atoms with Crippen molar-refractivity contribution in [3.8, 4) is 0 Å². The van der Waals surface area contributed by atoms with Gasteiger partial charge in [-0.25, -0.2) is 0 Å². The van der Waals surface area contributed by atoms with Gasteiger partial charge in [-0.2, -0.15) is 5.10 Å². The van der Waals surface area contributed by atoms with Crippen molar-refractivity contribution >= 4 is 10.9 Å². The molecule has 4 aromatic rings. The molecule has 1 aromatic carbocycles. The van der Waals surface area contributed by atoms with E-state index < -0.39 is 0 Å². The molecule has 1 unspecified atom stereocenters. The van der Waals surface area contributed by atoms with Gasteiger partial charge in [-0.1, -0.05) is 38.3 Å². The lowest BCUT2D eigenvalue weighted by atomic mass is 9.86. The number of fused-ring (bicyclic) bond motifs is 1. The first-order valence-electron chi connectivity index (χ1n) is 11.6. The number of hydrogen-bond acceptors (Lipinski definition) is 3. The third kappa shape index (κ3) is 4.12. The van der Waals surface area contributed by atoms with E-state index in [9.17, 15) is 0 Å². The van der Waals surface area contributed by atoms with Gasteiger partial charge in [-0.05, 0) is 72.7 Å². The normalized spacial score (nSPS) is 15.9. The Hall–Kier alpha value is -3.01. The Morgan fingerprint density at radius 2 is 1.58 bits per heavy atom. The highest BCUT2D eigenvalue weighted by molar-refractivity contribution is 5.83. The molecule has 31 heavy (non-hydrogen) atoms. The zero-order chi connectivity index (χ0) is 21.0. The standard InChI is InChI=1S/C27H30N4/c1-2-26-24-9-8-22(19-27(24)31(30-26)23-6-4-3-5-7-23)25(21-12-16-29-17-13-21)18-20-10-14-28-15-11-20/h8-17,19,23,25H,2-7,18H2,1H3. The predicted molar refractivity (Wildman–Crippen MR) is 125 cm³/mol. The molecule has 1 aliphatic carbocycles. The van der Waals surface area contributed by atoms with Gasteiger partial charge in [0.25, 0.3) is 0 Å². The Balaban J connectivity index is 1.60. The number of pyridine rings is 2. The van der Waals surface area contributed by atoms with E-state index in [-0.39, 0.29) is 5.92 Å². The minimum Gasteiger partial charge on any atom is -0.265 e. The second kappa shape index (κ2) is 9.01. The van der Waals surface area contributed by atoms with Crippen molar-refractivity contribution in [3.05, 3.63) is 89.6 Å². The molecular formula is C27H30N4. The lowest BCUT2D eigenvalue weighted by molar-refractivity contribution is 0.336. The molecule has 3 heterocycles. The summed E-state index contributed by atoms with van der Waals surface area (Å²) in [7, 11) is 0. The van der Waals surface area contributed by atoms with Crippen molar-refractivity contribution in [1.82, 2.24) is 19.7 Å². The van der Waals surface area contributed by atoms with Crippen LogP contribution in [0, 0.1) is 0 Å². The summed E-state index contributed by atoms with van der Waals surface area (Å²) in [6, 6.07) is 16.1. The third-order valence-corrected chi connectivity index (χ3v) is 6.76. The van der Waals surface area contributed by atoms with Crippen molar-refractivity contribution in [2.24, 2.45) is 0 Å². The molecule has 1 saturated carbocycles.